The number of methoxy groups -OCH3 is 1. The fraction of sp³-hybridized carbons (Fsp3) is 0.625. The van der Waals surface area contributed by atoms with E-state index in [2.05, 4.69) is 5.43 Å². The SMILES string of the molecule is COc1ccc(C(CC2CC3CCC2C3)NN)c(F)c1. The van der Waals surface area contributed by atoms with Crippen LogP contribution in [0.5, 0.6) is 5.75 Å². The zero-order chi connectivity index (χ0) is 14.1. The molecule has 1 aromatic rings. The summed E-state index contributed by atoms with van der Waals surface area (Å²) in [6, 6.07) is 4.90. The highest BCUT2D eigenvalue weighted by molar-refractivity contribution is 5.31. The molecule has 3 N–H and O–H groups in total. The lowest BCUT2D eigenvalue weighted by Gasteiger charge is -2.27. The van der Waals surface area contributed by atoms with E-state index in [1.807, 2.05) is 0 Å². The van der Waals surface area contributed by atoms with Gasteiger partial charge in [-0.15, -0.1) is 0 Å². The van der Waals surface area contributed by atoms with Crippen molar-refractivity contribution in [2.24, 2.45) is 23.6 Å². The molecule has 2 aliphatic carbocycles. The zero-order valence-electron chi connectivity index (χ0n) is 11.9. The molecular formula is C16H23FN2O. The molecule has 0 aromatic heterocycles. The van der Waals surface area contributed by atoms with Crippen LogP contribution in [0.15, 0.2) is 18.2 Å². The number of hydrogen-bond acceptors (Lipinski definition) is 3. The predicted molar refractivity (Wildman–Crippen MR) is 76.6 cm³/mol. The van der Waals surface area contributed by atoms with Crippen LogP contribution in [0.25, 0.3) is 0 Å². The van der Waals surface area contributed by atoms with E-state index in [0.717, 1.165) is 18.3 Å². The van der Waals surface area contributed by atoms with Gasteiger partial charge < -0.3 is 4.74 Å². The van der Waals surface area contributed by atoms with Crippen LogP contribution in [0.2, 0.25) is 0 Å². The topological polar surface area (TPSA) is 47.3 Å². The minimum absolute atomic E-state index is 0.106. The van der Waals surface area contributed by atoms with Gasteiger partial charge in [0.25, 0.3) is 0 Å². The fourth-order valence-electron chi connectivity index (χ4n) is 4.17. The van der Waals surface area contributed by atoms with Crippen LogP contribution in [-0.4, -0.2) is 7.11 Å². The van der Waals surface area contributed by atoms with Crippen molar-refractivity contribution in [1.82, 2.24) is 5.43 Å². The van der Waals surface area contributed by atoms with Gasteiger partial charge in [-0.05, 0) is 49.5 Å². The van der Waals surface area contributed by atoms with Crippen LogP contribution < -0.4 is 16.0 Å². The van der Waals surface area contributed by atoms with Gasteiger partial charge >= 0.3 is 0 Å². The Hall–Kier alpha value is -1.13. The third-order valence-corrected chi connectivity index (χ3v) is 5.21. The van der Waals surface area contributed by atoms with Crippen molar-refractivity contribution >= 4 is 0 Å². The van der Waals surface area contributed by atoms with Crippen LogP contribution in [-0.2, 0) is 0 Å². The molecule has 2 aliphatic rings. The second-order valence-electron chi connectivity index (χ2n) is 6.28. The lowest BCUT2D eigenvalue weighted by Crippen LogP contribution is -2.31. The maximum absolute atomic E-state index is 14.2. The second-order valence-corrected chi connectivity index (χ2v) is 6.28. The molecule has 0 spiro atoms. The first-order chi connectivity index (χ1) is 9.71. The number of rotatable bonds is 5. The number of ether oxygens (including phenoxy) is 1. The molecule has 0 amide bonds. The zero-order valence-corrected chi connectivity index (χ0v) is 11.9. The quantitative estimate of drug-likeness (QED) is 0.642. The Morgan fingerprint density at radius 2 is 2.25 bits per heavy atom. The normalized spacial score (nSPS) is 29.6. The van der Waals surface area contributed by atoms with Crippen molar-refractivity contribution < 1.29 is 9.13 Å². The van der Waals surface area contributed by atoms with E-state index in [4.69, 9.17) is 10.6 Å². The van der Waals surface area contributed by atoms with Crippen LogP contribution in [0.4, 0.5) is 4.39 Å². The molecule has 4 heteroatoms. The average molecular weight is 278 g/mol. The molecule has 0 aliphatic heterocycles. The number of halogens is 1. The Morgan fingerprint density at radius 3 is 2.80 bits per heavy atom. The number of benzene rings is 1. The van der Waals surface area contributed by atoms with Gasteiger partial charge in [-0.1, -0.05) is 12.5 Å². The number of nitrogens with one attached hydrogen (secondary N) is 1. The van der Waals surface area contributed by atoms with E-state index in [0.29, 0.717) is 17.2 Å². The van der Waals surface area contributed by atoms with Crippen LogP contribution in [0, 0.1) is 23.6 Å². The highest BCUT2D eigenvalue weighted by Crippen LogP contribution is 2.51. The summed E-state index contributed by atoms with van der Waals surface area (Å²) < 4.78 is 19.2. The van der Waals surface area contributed by atoms with Gasteiger partial charge in [0, 0.05) is 17.7 Å². The van der Waals surface area contributed by atoms with Gasteiger partial charge in [-0.2, -0.15) is 0 Å². The molecule has 3 nitrogen and oxygen atoms in total. The largest absolute Gasteiger partial charge is 0.497 e. The Morgan fingerprint density at radius 1 is 1.40 bits per heavy atom. The molecule has 2 saturated carbocycles. The molecule has 0 radical (unpaired) electrons. The predicted octanol–water partition coefficient (Wildman–Crippen LogP) is 3.17. The summed E-state index contributed by atoms with van der Waals surface area (Å²) in [6.07, 6.45) is 6.32. The fourth-order valence-corrected chi connectivity index (χ4v) is 4.17. The highest BCUT2D eigenvalue weighted by Gasteiger charge is 2.40. The maximum atomic E-state index is 14.2. The van der Waals surface area contributed by atoms with Crippen LogP contribution in [0.1, 0.15) is 43.7 Å². The summed E-state index contributed by atoms with van der Waals surface area (Å²) in [5, 5.41) is 0. The maximum Gasteiger partial charge on any atom is 0.131 e. The molecule has 4 atom stereocenters. The van der Waals surface area contributed by atoms with E-state index >= 15 is 0 Å². The van der Waals surface area contributed by atoms with Crippen LogP contribution in [0.3, 0.4) is 0 Å². The average Bonchev–Trinajstić information content (AvgIpc) is 3.07. The number of hydrazine groups is 1. The monoisotopic (exact) mass is 278 g/mol. The second kappa shape index (κ2) is 5.70. The number of fused-ring (bicyclic) bond motifs is 2. The number of hydrogen-bond donors (Lipinski definition) is 2. The third kappa shape index (κ3) is 2.54. The van der Waals surface area contributed by atoms with Crippen LogP contribution >= 0.6 is 0 Å². The molecular weight excluding hydrogens is 255 g/mol. The van der Waals surface area contributed by atoms with E-state index in [1.165, 1.54) is 31.7 Å². The summed E-state index contributed by atoms with van der Waals surface area (Å²) in [6.45, 7) is 0. The molecule has 3 rings (SSSR count). The Labute approximate surface area is 119 Å². The summed E-state index contributed by atoms with van der Waals surface area (Å²) in [5.41, 5.74) is 3.45. The first-order valence-corrected chi connectivity index (χ1v) is 7.50. The van der Waals surface area contributed by atoms with Crippen molar-refractivity contribution in [3.8, 4) is 5.75 Å². The standard InChI is InChI=1S/C16H23FN2O/c1-20-13-4-5-14(15(17)9-13)16(19-18)8-12-7-10-2-3-11(12)6-10/h4-5,9-12,16,19H,2-3,6-8,18H2,1H3. The molecule has 4 unspecified atom stereocenters. The van der Waals surface area contributed by atoms with Crippen molar-refractivity contribution in [2.45, 2.75) is 38.1 Å². The Bertz CT molecular complexity index is 480. The van der Waals surface area contributed by atoms with Gasteiger partial charge in [0.05, 0.1) is 7.11 Å². The third-order valence-electron chi connectivity index (χ3n) is 5.21. The molecule has 2 bridgehead atoms. The smallest absolute Gasteiger partial charge is 0.131 e. The van der Waals surface area contributed by atoms with Gasteiger partial charge in [0.2, 0.25) is 0 Å². The molecule has 2 fully saturated rings. The minimum atomic E-state index is -0.240. The van der Waals surface area contributed by atoms with Gasteiger partial charge in [0.1, 0.15) is 11.6 Å². The van der Waals surface area contributed by atoms with E-state index in [9.17, 15) is 4.39 Å². The van der Waals surface area contributed by atoms with Gasteiger partial charge in [-0.25, -0.2) is 4.39 Å². The number of nitrogens with two attached hydrogens (primary N) is 1. The van der Waals surface area contributed by atoms with Gasteiger partial charge in [0.15, 0.2) is 0 Å². The van der Waals surface area contributed by atoms with E-state index in [1.54, 1.807) is 19.2 Å². The molecule has 20 heavy (non-hydrogen) atoms. The summed E-state index contributed by atoms with van der Waals surface area (Å²) in [4.78, 5) is 0. The lowest BCUT2D eigenvalue weighted by atomic mass is 9.83. The van der Waals surface area contributed by atoms with Crippen molar-refractivity contribution in [2.75, 3.05) is 7.11 Å². The van der Waals surface area contributed by atoms with Crippen molar-refractivity contribution in [3.05, 3.63) is 29.6 Å². The Kier molecular flexibility index (Phi) is 3.94. The Balaban J connectivity index is 1.73. The van der Waals surface area contributed by atoms with Crippen molar-refractivity contribution in [1.29, 1.82) is 0 Å². The summed E-state index contributed by atoms with van der Waals surface area (Å²) >= 11 is 0. The summed E-state index contributed by atoms with van der Waals surface area (Å²) in [5.74, 6) is 8.40. The van der Waals surface area contributed by atoms with E-state index in [-0.39, 0.29) is 11.9 Å². The van der Waals surface area contributed by atoms with Gasteiger partial charge in [-0.3, -0.25) is 11.3 Å². The molecule has 1 aromatic carbocycles. The first kappa shape index (κ1) is 13.8. The van der Waals surface area contributed by atoms with Crippen molar-refractivity contribution in [3.63, 3.8) is 0 Å². The molecule has 110 valence electrons. The molecule has 0 saturated heterocycles. The van der Waals surface area contributed by atoms with E-state index < -0.39 is 0 Å². The molecule has 0 heterocycles. The highest BCUT2D eigenvalue weighted by atomic mass is 19.1. The summed E-state index contributed by atoms with van der Waals surface area (Å²) in [7, 11) is 1.54. The minimum Gasteiger partial charge on any atom is -0.497 e. The first-order valence-electron chi connectivity index (χ1n) is 7.50. The lowest BCUT2D eigenvalue weighted by molar-refractivity contribution is 0.277.